The average Bonchev–Trinajstić information content (AvgIpc) is 2.38. The third-order valence-electron chi connectivity index (χ3n) is 3.21. The first-order valence-electron chi connectivity index (χ1n) is 6.39. The van der Waals surface area contributed by atoms with E-state index in [1.54, 1.807) is 6.92 Å². The number of benzene rings is 1. The molecule has 100 valence electrons. The highest BCUT2D eigenvalue weighted by atomic mass is 19.1. The lowest BCUT2D eigenvalue weighted by Crippen LogP contribution is -2.07. The SMILES string of the molecule is CCNc1nc(-c2cccc(C)c2C)nc(C)c1F. The lowest BCUT2D eigenvalue weighted by atomic mass is 10.0. The first kappa shape index (κ1) is 13.5. The molecule has 0 aliphatic rings. The summed E-state index contributed by atoms with van der Waals surface area (Å²) in [5, 5.41) is 2.93. The number of anilines is 1. The summed E-state index contributed by atoms with van der Waals surface area (Å²) in [4.78, 5) is 8.56. The monoisotopic (exact) mass is 259 g/mol. The van der Waals surface area contributed by atoms with Gasteiger partial charge in [0.2, 0.25) is 0 Å². The zero-order valence-corrected chi connectivity index (χ0v) is 11.7. The van der Waals surface area contributed by atoms with Crippen LogP contribution in [-0.4, -0.2) is 16.5 Å². The van der Waals surface area contributed by atoms with Gasteiger partial charge >= 0.3 is 0 Å². The smallest absolute Gasteiger partial charge is 0.186 e. The van der Waals surface area contributed by atoms with Crippen molar-refractivity contribution in [2.45, 2.75) is 27.7 Å². The number of hydrogen-bond acceptors (Lipinski definition) is 3. The molecule has 0 atom stereocenters. The predicted octanol–water partition coefficient (Wildman–Crippen LogP) is 3.64. The minimum atomic E-state index is -0.379. The van der Waals surface area contributed by atoms with Crippen LogP contribution in [0.25, 0.3) is 11.4 Å². The van der Waals surface area contributed by atoms with Crippen LogP contribution in [0.5, 0.6) is 0 Å². The normalized spacial score (nSPS) is 10.6. The molecule has 4 heteroatoms. The molecule has 0 aliphatic carbocycles. The van der Waals surface area contributed by atoms with E-state index in [1.807, 2.05) is 39.0 Å². The molecule has 1 aromatic heterocycles. The minimum absolute atomic E-state index is 0.269. The van der Waals surface area contributed by atoms with Crippen molar-refractivity contribution < 1.29 is 4.39 Å². The number of nitrogens with zero attached hydrogens (tertiary/aromatic N) is 2. The van der Waals surface area contributed by atoms with Crippen molar-refractivity contribution in [2.75, 3.05) is 11.9 Å². The van der Waals surface area contributed by atoms with Crippen molar-refractivity contribution >= 4 is 5.82 Å². The molecule has 19 heavy (non-hydrogen) atoms. The summed E-state index contributed by atoms with van der Waals surface area (Å²) < 4.78 is 13.9. The van der Waals surface area contributed by atoms with Crippen molar-refractivity contribution in [1.82, 2.24) is 9.97 Å². The lowest BCUT2D eigenvalue weighted by molar-refractivity contribution is 0.606. The predicted molar refractivity (Wildman–Crippen MR) is 75.8 cm³/mol. The van der Waals surface area contributed by atoms with E-state index < -0.39 is 0 Å². The molecule has 2 rings (SSSR count). The Morgan fingerprint density at radius 3 is 2.58 bits per heavy atom. The maximum atomic E-state index is 13.9. The second kappa shape index (κ2) is 5.34. The Labute approximate surface area is 112 Å². The largest absolute Gasteiger partial charge is 0.368 e. The van der Waals surface area contributed by atoms with Crippen LogP contribution < -0.4 is 5.32 Å². The second-order valence-electron chi connectivity index (χ2n) is 4.57. The van der Waals surface area contributed by atoms with E-state index in [1.165, 1.54) is 5.56 Å². The summed E-state index contributed by atoms with van der Waals surface area (Å²) >= 11 is 0. The third kappa shape index (κ3) is 2.57. The number of nitrogens with one attached hydrogen (secondary N) is 1. The van der Waals surface area contributed by atoms with Crippen LogP contribution in [0.2, 0.25) is 0 Å². The van der Waals surface area contributed by atoms with Gasteiger partial charge < -0.3 is 5.32 Å². The molecule has 0 spiro atoms. The molecule has 0 saturated heterocycles. The van der Waals surface area contributed by atoms with E-state index in [9.17, 15) is 4.39 Å². The van der Waals surface area contributed by atoms with E-state index in [4.69, 9.17) is 0 Å². The van der Waals surface area contributed by atoms with Crippen LogP contribution in [0.4, 0.5) is 10.2 Å². The standard InChI is InChI=1S/C15H18FN3/c1-5-17-15-13(16)11(4)18-14(19-15)12-8-6-7-9(2)10(12)3/h6-8H,5H2,1-4H3,(H,17,18,19). The van der Waals surface area contributed by atoms with Crippen molar-refractivity contribution in [2.24, 2.45) is 0 Å². The van der Waals surface area contributed by atoms with Gasteiger partial charge in [-0.05, 0) is 38.8 Å². The van der Waals surface area contributed by atoms with E-state index in [0.717, 1.165) is 11.1 Å². The Bertz CT molecular complexity index is 609. The van der Waals surface area contributed by atoms with Gasteiger partial charge in [0, 0.05) is 12.1 Å². The Balaban J connectivity index is 2.59. The summed E-state index contributed by atoms with van der Waals surface area (Å²) in [5.41, 5.74) is 3.60. The van der Waals surface area contributed by atoms with Crippen LogP contribution in [-0.2, 0) is 0 Å². The topological polar surface area (TPSA) is 37.8 Å². The summed E-state index contributed by atoms with van der Waals surface area (Å²) in [6.45, 7) is 8.26. The first-order valence-corrected chi connectivity index (χ1v) is 6.39. The number of halogens is 1. The van der Waals surface area contributed by atoms with Crippen molar-refractivity contribution in [3.63, 3.8) is 0 Å². The third-order valence-corrected chi connectivity index (χ3v) is 3.21. The van der Waals surface area contributed by atoms with Gasteiger partial charge in [-0.3, -0.25) is 0 Å². The van der Waals surface area contributed by atoms with E-state index in [-0.39, 0.29) is 11.6 Å². The molecule has 0 amide bonds. The van der Waals surface area contributed by atoms with Crippen molar-refractivity contribution in [3.8, 4) is 11.4 Å². The Hall–Kier alpha value is -1.97. The van der Waals surface area contributed by atoms with Crippen LogP contribution in [0.1, 0.15) is 23.7 Å². The van der Waals surface area contributed by atoms with Gasteiger partial charge in [-0.15, -0.1) is 0 Å². The molecule has 0 fully saturated rings. The molecular formula is C15H18FN3. The van der Waals surface area contributed by atoms with Gasteiger partial charge in [-0.2, -0.15) is 0 Å². The fourth-order valence-corrected chi connectivity index (χ4v) is 1.96. The summed E-state index contributed by atoms with van der Waals surface area (Å²) in [6, 6.07) is 5.97. The van der Waals surface area contributed by atoms with Gasteiger partial charge in [0.1, 0.15) is 0 Å². The highest BCUT2D eigenvalue weighted by Crippen LogP contribution is 2.25. The van der Waals surface area contributed by atoms with Crippen molar-refractivity contribution in [3.05, 3.63) is 40.8 Å². The highest BCUT2D eigenvalue weighted by molar-refractivity contribution is 5.63. The molecular weight excluding hydrogens is 241 g/mol. The number of aromatic nitrogens is 2. The Kier molecular flexibility index (Phi) is 3.79. The molecule has 1 aromatic carbocycles. The Morgan fingerprint density at radius 2 is 1.89 bits per heavy atom. The molecule has 2 aromatic rings. The van der Waals surface area contributed by atoms with Crippen LogP contribution in [0, 0.1) is 26.6 Å². The fraction of sp³-hybridized carbons (Fsp3) is 0.333. The van der Waals surface area contributed by atoms with Gasteiger partial charge in [0.05, 0.1) is 5.69 Å². The molecule has 3 nitrogen and oxygen atoms in total. The summed E-state index contributed by atoms with van der Waals surface area (Å²) in [5.74, 6) is 0.456. The highest BCUT2D eigenvalue weighted by Gasteiger charge is 2.13. The Morgan fingerprint density at radius 1 is 1.16 bits per heavy atom. The molecule has 1 heterocycles. The zero-order chi connectivity index (χ0) is 14.0. The molecule has 0 saturated carbocycles. The maximum absolute atomic E-state index is 13.9. The molecule has 0 unspecified atom stereocenters. The zero-order valence-electron chi connectivity index (χ0n) is 11.7. The van der Waals surface area contributed by atoms with E-state index >= 15 is 0 Å². The van der Waals surface area contributed by atoms with Crippen LogP contribution in [0.15, 0.2) is 18.2 Å². The fourth-order valence-electron chi connectivity index (χ4n) is 1.96. The minimum Gasteiger partial charge on any atom is -0.368 e. The maximum Gasteiger partial charge on any atom is 0.186 e. The molecule has 0 bridgehead atoms. The molecule has 0 radical (unpaired) electrons. The van der Waals surface area contributed by atoms with Crippen LogP contribution >= 0.6 is 0 Å². The van der Waals surface area contributed by atoms with Gasteiger partial charge in [0.15, 0.2) is 17.5 Å². The number of hydrogen-bond donors (Lipinski definition) is 1. The van der Waals surface area contributed by atoms with Crippen LogP contribution in [0.3, 0.4) is 0 Å². The second-order valence-corrected chi connectivity index (χ2v) is 4.57. The van der Waals surface area contributed by atoms with Gasteiger partial charge in [-0.1, -0.05) is 18.2 Å². The lowest BCUT2D eigenvalue weighted by Gasteiger charge is -2.11. The quantitative estimate of drug-likeness (QED) is 0.914. The van der Waals surface area contributed by atoms with E-state index in [0.29, 0.717) is 18.1 Å². The summed E-state index contributed by atoms with van der Waals surface area (Å²) in [6.07, 6.45) is 0. The first-order chi connectivity index (χ1) is 9.04. The molecule has 0 aliphatic heterocycles. The van der Waals surface area contributed by atoms with Crippen molar-refractivity contribution in [1.29, 1.82) is 0 Å². The number of rotatable bonds is 3. The average molecular weight is 259 g/mol. The van der Waals surface area contributed by atoms with E-state index in [2.05, 4.69) is 15.3 Å². The van der Waals surface area contributed by atoms with Gasteiger partial charge in [-0.25, -0.2) is 14.4 Å². The van der Waals surface area contributed by atoms with Gasteiger partial charge in [0.25, 0.3) is 0 Å². The number of aryl methyl sites for hydroxylation is 2. The molecule has 1 N–H and O–H groups in total. The summed E-state index contributed by atoms with van der Waals surface area (Å²) in [7, 11) is 0.